The SMILES string of the molecule is CCOC1CCCN(c2ccc(N)c(C)c2)C1. The summed E-state index contributed by atoms with van der Waals surface area (Å²) in [6.07, 6.45) is 2.76. The molecule has 0 aliphatic carbocycles. The van der Waals surface area contributed by atoms with Gasteiger partial charge in [-0.05, 0) is 50.5 Å². The lowest BCUT2D eigenvalue weighted by Gasteiger charge is -2.34. The lowest BCUT2D eigenvalue weighted by Crippen LogP contribution is -2.39. The van der Waals surface area contributed by atoms with E-state index in [2.05, 4.69) is 30.9 Å². The molecule has 0 spiro atoms. The number of rotatable bonds is 3. The molecule has 0 amide bonds. The third-order valence-electron chi connectivity index (χ3n) is 3.40. The number of piperidine rings is 1. The molecule has 17 heavy (non-hydrogen) atoms. The minimum Gasteiger partial charge on any atom is -0.399 e. The largest absolute Gasteiger partial charge is 0.399 e. The second kappa shape index (κ2) is 5.41. The molecule has 1 aliphatic rings. The van der Waals surface area contributed by atoms with E-state index in [1.807, 2.05) is 6.07 Å². The van der Waals surface area contributed by atoms with Crippen molar-refractivity contribution >= 4 is 11.4 Å². The number of nitrogens with zero attached hydrogens (tertiary/aromatic N) is 1. The number of anilines is 2. The molecule has 0 aromatic heterocycles. The summed E-state index contributed by atoms with van der Waals surface area (Å²) in [6.45, 7) is 7.04. The van der Waals surface area contributed by atoms with Crippen LogP contribution in [0.5, 0.6) is 0 Å². The van der Waals surface area contributed by atoms with Crippen LogP contribution in [0.2, 0.25) is 0 Å². The average molecular weight is 234 g/mol. The quantitative estimate of drug-likeness (QED) is 0.817. The molecule has 1 saturated heterocycles. The van der Waals surface area contributed by atoms with Crippen LogP contribution in [0.1, 0.15) is 25.3 Å². The second-order valence-corrected chi connectivity index (χ2v) is 4.71. The van der Waals surface area contributed by atoms with Gasteiger partial charge in [-0.2, -0.15) is 0 Å². The molecule has 3 heteroatoms. The fraction of sp³-hybridized carbons (Fsp3) is 0.571. The van der Waals surface area contributed by atoms with Crippen LogP contribution in [0.4, 0.5) is 11.4 Å². The first-order valence-electron chi connectivity index (χ1n) is 6.43. The van der Waals surface area contributed by atoms with Gasteiger partial charge in [0.25, 0.3) is 0 Å². The Hall–Kier alpha value is -1.22. The number of aryl methyl sites for hydroxylation is 1. The second-order valence-electron chi connectivity index (χ2n) is 4.71. The summed E-state index contributed by atoms with van der Waals surface area (Å²) in [4.78, 5) is 2.40. The van der Waals surface area contributed by atoms with Gasteiger partial charge in [0.1, 0.15) is 0 Å². The Morgan fingerprint density at radius 1 is 1.47 bits per heavy atom. The molecular weight excluding hydrogens is 212 g/mol. The predicted octanol–water partition coefficient (Wildman–Crippen LogP) is 2.58. The van der Waals surface area contributed by atoms with Crippen molar-refractivity contribution in [3.63, 3.8) is 0 Å². The zero-order valence-corrected chi connectivity index (χ0v) is 10.8. The van der Waals surface area contributed by atoms with Crippen molar-refractivity contribution in [3.8, 4) is 0 Å². The molecule has 2 N–H and O–H groups in total. The lowest BCUT2D eigenvalue weighted by molar-refractivity contribution is 0.0527. The monoisotopic (exact) mass is 234 g/mol. The maximum absolute atomic E-state index is 5.85. The molecule has 94 valence electrons. The first kappa shape index (κ1) is 12.2. The molecule has 2 rings (SSSR count). The van der Waals surface area contributed by atoms with E-state index in [9.17, 15) is 0 Å². The summed E-state index contributed by atoms with van der Waals surface area (Å²) >= 11 is 0. The smallest absolute Gasteiger partial charge is 0.0750 e. The molecule has 0 bridgehead atoms. The highest BCUT2D eigenvalue weighted by molar-refractivity contribution is 5.58. The van der Waals surface area contributed by atoms with Gasteiger partial charge >= 0.3 is 0 Å². The van der Waals surface area contributed by atoms with Gasteiger partial charge in [-0.1, -0.05) is 0 Å². The highest BCUT2D eigenvalue weighted by atomic mass is 16.5. The first-order chi connectivity index (χ1) is 8.20. The maximum Gasteiger partial charge on any atom is 0.0750 e. The number of ether oxygens (including phenoxy) is 1. The summed E-state index contributed by atoms with van der Waals surface area (Å²) in [6, 6.07) is 6.27. The van der Waals surface area contributed by atoms with Gasteiger partial charge in [0, 0.05) is 31.1 Å². The van der Waals surface area contributed by atoms with Crippen molar-refractivity contribution in [2.75, 3.05) is 30.3 Å². The van der Waals surface area contributed by atoms with Gasteiger partial charge < -0.3 is 15.4 Å². The van der Waals surface area contributed by atoms with Crippen molar-refractivity contribution in [3.05, 3.63) is 23.8 Å². The molecule has 0 radical (unpaired) electrons. The average Bonchev–Trinajstić information content (AvgIpc) is 2.33. The molecule has 1 aliphatic heterocycles. The van der Waals surface area contributed by atoms with Gasteiger partial charge in [-0.15, -0.1) is 0 Å². The van der Waals surface area contributed by atoms with Gasteiger partial charge in [-0.3, -0.25) is 0 Å². The van der Waals surface area contributed by atoms with E-state index < -0.39 is 0 Å². The maximum atomic E-state index is 5.85. The minimum atomic E-state index is 0.381. The topological polar surface area (TPSA) is 38.5 Å². The Balaban J connectivity index is 2.08. The van der Waals surface area contributed by atoms with Crippen molar-refractivity contribution in [1.82, 2.24) is 0 Å². The van der Waals surface area contributed by atoms with Crippen LogP contribution in [0.3, 0.4) is 0 Å². The van der Waals surface area contributed by atoms with Crippen LogP contribution in [0, 0.1) is 6.92 Å². The minimum absolute atomic E-state index is 0.381. The zero-order chi connectivity index (χ0) is 12.3. The van der Waals surface area contributed by atoms with E-state index in [0.29, 0.717) is 6.10 Å². The van der Waals surface area contributed by atoms with Crippen LogP contribution in [-0.2, 0) is 4.74 Å². The Kier molecular flexibility index (Phi) is 3.89. The fourth-order valence-electron chi connectivity index (χ4n) is 2.40. The van der Waals surface area contributed by atoms with Gasteiger partial charge in [0.2, 0.25) is 0 Å². The molecule has 1 unspecified atom stereocenters. The van der Waals surface area contributed by atoms with Crippen LogP contribution in [-0.4, -0.2) is 25.8 Å². The van der Waals surface area contributed by atoms with Gasteiger partial charge in [0.15, 0.2) is 0 Å². The van der Waals surface area contributed by atoms with Gasteiger partial charge in [0.05, 0.1) is 6.10 Å². The third-order valence-corrected chi connectivity index (χ3v) is 3.40. The van der Waals surface area contributed by atoms with E-state index in [1.165, 1.54) is 18.5 Å². The van der Waals surface area contributed by atoms with Crippen LogP contribution >= 0.6 is 0 Å². The molecule has 0 saturated carbocycles. The van der Waals surface area contributed by atoms with Crippen molar-refractivity contribution in [2.24, 2.45) is 0 Å². The standard InChI is InChI=1S/C14H22N2O/c1-3-17-13-5-4-8-16(10-13)12-6-7-14(15)11(2)9-12/h6-7,9,13H,3-5,8,10,15H2,1-2H3. The van der Waals surface area contributed by atoms with E-state index in [4.69, 9.17) is 10.5 Å². The van der Waals surface area contributed by atoms with Crippen LogP contribution in [0.25, 0.3) is 0 Å². The van der Waals surface area contributed by atoms with Crippen molar-refractivity contribution < 1.29 is 4.74 Å². The van der Waals surface area contributed by atoms with Crippen molar-refractivity contribution in [2.45, 2.75) is 32.8 Å². The Labute approximate surface area is 104 Å². The fourth-order valence-corrected chi connectivity index (χ4v) is 2.40. The van der Waals surface area contributed by atoms with E-state index in [0.717, 1.165) is 30.9 Å². The highest BCUT2D eigenvalue weighted by Crippen LogP contribution is 2.24. The molecule has 1 atom stereocenters. The zero-order valence-electron chi connectivity index (χ0n) is 10.8. The van der Waals surface area contributed by atoms with Crippen molar-refractivity contribution in [1.29, 1.82) is 0 Å². The van der Waals surface area contributed by atoms with Crippen LogP contribution < -0.4 is 10.6 Å². The molecule has 1 aromatic carbocycles. The highest BCUT2D eigenvalue weighted by Gasteiger charge is 2.20. The van der Waals surface area contributed by atoms with E-state index in [-0.39, 0.29) is 0 Å². The Morgan fingerprint density at radius 3 is 3.00 bits per heavy atom. The first-order valence-corrected chi connectivity index (χ1v) is 6.43. The summed E-state index contributed by atoms with van der Waals surface area (Å²) < 4.78 is 5.72. The molecule has 1 fully saturated rings. The third kappa shape index (κ3) is 2.91. The molecule has 1 heterocycles. The van der Waals surface area contributed by atoms with Crippen LogP contribution in [0.15, 0.2) is 18.2 Å². The summed E-state index contributed by atoms with van der Waals surface area (Å²) in [5.41, 5.74) is 9.14. The molecular formula is C14H22N2O. The summed E-state index contributed by atoms with van der Waals surface area (Å²) in [7, 11) is 0. The number of hydrogen-bond donors (Lipinski definition) is 1. The predicted molar refractivity (Wildman–Crippen MR) is 72.5 cm³/mol. The Bertz CT molecular complexity index is 376. The van der Waals surface area contributed by atoms with Gasteiger partial charge in [-0.25, -0.2) is 0 Å². The number of hydrogen-bond acceptors (Lipinski definition) is 3. The number of nitrogens with two attached hydrogens (primary N) is 1. The lowest BCUT2D eigenvalue weighted by atomic mass is 10.1. The normalized spacial score (nSPS) is 20.6. The molecule has 1 aromatic rings. The Morgan fingerprint density at radius 2 is 2.29 bits per heavy atom. The number of benzene rings is 1. The number of nitrogen functional groups attached to an aromatic ring is 1. The molecule has 3 nitrogen and oxygen atoms in total. The summed E-state index contributed by atoms with van der Waals surface area (Å²) in [5.74, 6) is 0. The summed E-state index contributed by atoms with van der Waals surface area (Å²) in [5, 5.41) is 0. The van der Waals surface area contributed by atoms with E-state index in [1.54, 1.807) is 0 Å². The van der Waals surface area contributed by atoms with E-state index >= 15 is 0 Å².